The summed E-state index contributed by atoms with van der Waals surface area (Å²) in [5.74, 6) is -1.67. The van der Waals surface area contributed by atoms with E-state index >= 15 is 0 Å². The summed E-state index contributed by atoms with van der Waals surface area (Å²) >= 11 is 6.40. The molecule has 0 radical (unpaired) electrons. The maximum atomic E-state index is 13.9. The Morgan fingerprint density at radius 1 is 1.00 bits per heavy atom. The molecule has 0 saturated carbocycles. The third-order valence-electron chi connectivity index (χ3n) is 6.09. The molecule has 0 aliphatic carbocycles. The zero-order valence-corrected chi connectivity index (χ0v) is 23.8. The van der Waals surface area contributed by atoms with Crippen molar-refractivity contribution in [1.29, 1.82) is 0 Å². The van der Waals surface area contributed by atoms with Gasteiger partial charge in [0.1, 0.15) is 5.82 Å². The molecule has 0 bridgehead atoms. The molecule has 0 aromatic heterocycles. The van der Waals surface area contributed by atoms with E-state index in [2.05, 4.69) is 41.9 Å². The fourth-order valence-electron chi connectivity index (χ4n) is 4.13. The van der Waals surface area contributed by atoms with Crippen LogP contribution < -0.4 is 10.0 Å². The molecule has 1 unspecified atom stereocenters. The Labute approximate surface area is 231 Å². The Morgan fingerprint density at radius 2 is 1.70 bits per heavy atom. The number of likely N-dealkylation sites (tertiary alicyclic amines) is 1. The van der Waals surface area contributed by atoms with E-state index < -0.39 is 21.8 Å². The highest BCUT2D eigenvalue weighted by Crippen LogP contribution is 2.26. The summed E-state index contributed by atoms with van der Waals surface area (Å²) < 4.78 is 43.6. The second-order valence-corrected chi connectivity index (χ2v) is 12.2. The van der Waals surface area contributed by atoms with Gasteiger partial charge in [-0.1, -0.05) is 22.0 Å². The Hall–Kier alpha value is -2.76. The van der Waals surface area contributed by atoms with Crippen molar-refractivity contribution < 1.29 is 22.4 Å². The van der Waals surface area contributed by atoms with Gasteiger partial charge in [0.25, 0.3) is 15.9 Å². The predicted molar refractivity (Wildman–Crippen MR) is 147 cm³/mol. The number of sulfonamides is 1. The maximum Gasteiger partial charge on any atom is 0.262 e. The number of benzene rings is 3. The number of nitrogens with one attached hydrogen (secondary N) is 2. The molecule has 3 aromatic rings. The molecule has 7 nitrogen and oxygen atoms in total. The monoisotopic (exact) mass is 651 g/mol. The number of halogens is 3. The summed E-state index contributed by atoms with van der Waals surface area (Å²) in [7, 11) is -3.90. The van der Waals surface area contributed by atoms with Gasteiger partial charge in [0.05, 0.1) is 15.3 Å². The molecule has 1 saturated heterocycles. The van der Waals surface area contributed by atoms with E-state index in [1.807, 2.05) is 0 Å². The predicted octanol–water partition coefficient (Wildman–Crippen LogP) is 5.95. The largest absolute Gasteiger partial charge is 0.338 e. The smallest absolute Gasteiger partial charge is 0.262 e. The lowest BCUT2D eigenvalue weighted by molar-refractivity contribution is -0.121. The van der Waals surface area contributed by atoms with Crippen molar-refractivity contribution in [3.8, 4) is 0 Å². The molecular formula is C26H24Br2FN3O4S. The molecule has 1 heterocycles. The molecule has 1 fully saturated rings. The molecule has 2 N–H and O–H groups in total. The highest BCUT2D eigenvalue weighted by atomic mass is 79.9. The third-order valence-corrected chi connectivity index (χ3v) is 8.78. The molecule has 194 valence electrons. The molecule has 1 aliphatic rings. The average molecular weight is 653 g/mol. The van der Waals surface area contributed by atoms with Gasteiger partial charge in [0.2, 0.25) is 5.91 Å². The molecule has 11 heteroatoms. The van der Waals surface area contributed by atoms with Crippen LogP contribution in [0, 0.1) is 18.7 Å². The van der Waals surface area contributed by atoms with Crippen LogP contribution >= 0.6 is 31.9 Å². The lowest BCUT2D eigenvalue weighted by Gasteiger charge is -2.32. The Kier molecular flexibility index (Phi) is 8.35. The zero-order valence-electron chi connectivity index (χ0n) is 19.8. The maximum absolute atomic E-state index is 13.9. The number of amides is 2. The fourth-order valence-corrected chi connectivity index (χ4v) is 5.97. The van der Waals surface area contributed by atoms with Gasteiger partial charge in [-0.3, -0.25) is 14.3 Å². The number of carbonyl (C=O) groups is 2. The van der Waals surface area contributed by atoms with E-state index in [9.17, 15) is 22.4 Å². The minimum absolute atomic E-state index is 0.0472. The van der Waals surface area contributed by atoms with Crippen molar-refractivity contribution in [2.24, 2.45) is 5.92 Å². The first-order valence-electron chi connectivity index (χ1n) is 11.5. The first kappa shape index (κ1) is 27.3. The number of hydrogen-bond acceptors (Lipinski definition) is 4. The summed E-state index contributed by atoms with van der Waals surface area (Å²) in [6.07, 6.45) is 1.19. The summed E-state index contributed by atoms with van der Waals surface area (Å²) in [4.78, 5) is 27.5. The third kappa shape index (κ3) is 6.58. The molecule has 1 atom stereocenters. The van der Waals surface area contributed by atoms with Crippen LogP contribution in [0.15, 0.2) is 74.5 Å². The molecule has 4 rings (SSSR count). The van der Waals surface area contributed by atoms with E-state index in [1.165, 1.54) is 24.3 Å². The fraction of sp³-hybridized carbons (Fsp3) is 0.231. The van der Waals surface area contributed by atoms with E-state index in [-0.39, 0.29) is 33.3 Å². The molecule has 2 amide bonds. The molecule has 3 aromatic carbocycles. The number of rotatable bonds is 6. The minimum atomic E-state index is -3.90. The number of anilines is 2. The van der Waals surface area contributed by atoms with Crippen molar-refractivity contribution in [1.82, 2.24) is 4.90 Å². The van der Waals surface area contributed by atoms with Gasteiger partial charge >= 0.3 is 0 Å². The molecule has 1 aliphatic heterocycles. The summed E-state index contributed by atoms with van der Waals surface area (Å²) in [6, 6.07) is 15.6. The zero-order chi connectivity index (χ0) is 26.7. The van der Waals surface area contributed by atoms with Gasteiger partial charge in [0.15, 0.2) is 0 Å². The molecular weight excluding hydrogens is 629 g/mol. The molecule has 37 heavy (non-hydrogen) atoms. The average Bonchev–Trinajstić information content (AvgIpc) is 2.87. The van der Waals surface area contributed by atoms with Gasteiger partial charge in [-0.25, -0.2) is 12.8 Å². The van der Waals surface area contributed by atoms with Crippen LogP contribution in [0.25, 0.3) is 0 Å². The number of piperidine rings is 1. The Balaban J connectivity index is 1.46. The summed E-state index contributed by atoms with van der Waals surface area (Å²) in [5.41, 5.74) is 1.49. The van der Waals surface area contributed by atoms with Crippen LogP contribution in [-0.2, 0) is 14.8 Å². The first-order valence-corrected chi connectivity index (χ1v) is 14.5. The van der Waals surface area contributed by atoms with Crippen molar-refractivity contribution in [3.63, 3.8) is 0 Å². The number of nitrogens with zero attached hydrogens (tertiary/aromatic N) is 1. The van der Waals surface area contributed by atoms with Crippen LogP contribution in [0.3, 0.4) is 0 Å². The van der Waals surface area contributed by atoms with Crippen LogP contribution in [0.1, 0.15) is 28.8 Å². The van der Waals surface area contributed by atoms with E-state index in [4.69, 9.17) is 0 Å². The van der Waals surface area contributed by atoms with Crippen molar-refractivity contribution >= 4 is 65.1 Å². The van der Waals surface area contributed by atoms with Crippen LogP contribution in [0.2, 0.25) is 0 Å². The second kappa shape index (κ2) is 11.3. The highest BCUT2D eigenvalue weighted by molar-refractivity contribution is 9.10. The highest BCUT2D eigenvalue weighted by Gasteiger charge is 2.29. The van der Waals surface area contributed by atoms with Crippen molar-refractivity contribution in [2.45, 2.75) is 24.7 Å². The number of carbonyl (C=O) groups excluding carboxylic acids is 2. The van der Waals surface area contributed by atoms with Gasteiger partial charge in [0, 0.05) is 34.5 Å². The van der Waals surface area contributed by atoms with E-state index in [0.29, 0.717) is 36.3 Å². The quantitative estimate of drug-likeness (QED) is 0.344. The van der Waals surface area contributed by atoms with Gasteiger partial charge in [-0.2, -0.15) is 0 Å². The topological polar surface area (TPSA) is 95.6 Å². The minimum Gasteiger partial charge on any atom is -0.338 e. The molecule has 0 spiro atoms. The van der Waals surface area contributed by atoms with Crippen molar-refractivity contribution in [3.05, 3.63) is 86.6 Å². The lowest BCUT2D eigenvalue weighted by atomic mass is 9.96. The first-order chi connectivity index (χ1) is 17.5. The van der Waals surface area contributed by atoms with Crippen LogP contribution in [0.4, 0.5) is 15.8 Å². The van der Waals surface area contributed by atoms with Crippen LogP contribution in [0.5, 0.6) is 0 Å². The summed E-state index contributed by atoms with van der Waals surface area (Å²) in [5, 5.41) is 2.80. The van der Waals surface area contributed by atoms with Gasteiger partial charge in [-0.05, 0) is 95.9 Å². The Morgan fingerprint density at radius 3 is 2.41 bits per heavy atom. The van der Waals surface area contributed by atoms with Crippen LogP contribution in [-0.4, -0.2) is 38.2 Å². The number of hydrogen-bond donors (Lipinski definition) is 2. The van der Waals surface area contributed by atoms with Gasteiger partial charge < -0.3 is 10.2 Å². The van der Waals surface area contributed by atoms with E-state index in [1.54, 1.807) is 48.2 Å². The van der Waals surface area contributed by atoms with E-state index in [0.717, 1.165) is 4.47 Å². The normalized spacial score (nSPS) is 15.8. The Bertz CT molecular complexity index is 1450. The second-order valence-electron chi connectivity index (χ2n) is 8.80. The van der Waals surface area contributed by atoms with Crippen molar-refractivity contribution in [2.75, 3.05) is 23.1 Å². The van der Waals surface area contributed by atoms with Gasteiger partial charge in [-0.15, -0.1) is 0 Å². The SMILES string of the molecule is Cc1ccc(NC(=O)C2CCCN(C(=O)c3ccc(Br)c(F)c3)C2)cc1S(=O)(=O)Nc1ccc(Br)cc1. The standard InChI is InChI=1S/C26H24Br2FN3O4S/c1-16-4-8-21(14-24(16)37(35,36)31-20-9-6-19(27)7-10-20)30-25(33)18-3-2-12-32(15-18)26(34)17-5-11-22(28)23(29)13-17/h4-11,13-14,18,31H,2-3,12,15H2,1H3,(H,30,33). The number of aryl methyl sites for hydroxylation is 1. The summed E-state index contributed by atoms with van der Waals surface area (Å²) in [6.45, 7) is 2.33. The lowest BCUT2D eigenvalue weighted by Crippen LogP contribution is -2.43.